The number of nitrogens with zero attached hydrogens (tertiary/aromatic N) is 2. The Morgan fingerprint density at radius 3 is 2.80 bits per heavy atom. The molecule has 0 saturated carbocycles. The number of aryl methyl sites for hydroxylation is 1. The SMILES string of the molecule is Cc1nccc(NCC(C)(C)CCN)n1. The summed E-state index contributed by atoms with van der Waals surface area (Å²) in [7, 11) is 0. The first-order valence-electron chi connectivity index (χ1n) is 5.27. The van der Waals surface area contributed by atoms with E-state index in [-0.39, 0.29) is 5.41 Å². The maximum atomic E-state index is 5.55. The maximum absolute atomic E-state index is 5.55. The van der Waals surface area contributed by atoms with Crippen LogP contribution in [-0.4, -0.2) is 23.1 Å². The molecule has 0 radical (unpaired) electrons. The third-order valence-corrected chi connectivity index (χ3v) is 2.35. The van der Waals surface area contributed by atoms with Crippen LogP contribution in [0.3, 0.4) is 0 Å². The predicted octanol–water partition coefficient (Wildman–Crippen LogP) is 1.57. The number of nitrogens with two attached hydrogens (primary N) is 1. The Balaban J connectivity index is 2.49. The largest absolute Gasteiger partial charge is 0.369 e. The molecule has 0 spiro atoms. The molecule has 1 rings (SSSR count). The fourth-order valence-corrected chi connectivity index (χ4v) is 1.36. The molecule has 0 aliphatic heterocycles. The van der Waals surface area contributed by atoms with Gasteiger partial charge in [0.25, 0.3) is 0 Å². The predicted molar refractivity (Wildman–Crippen MR) is 62.7 cm³/mol. The molecule has 3 N–H and O–H groups in total. The van der Waals surface area contributed by atoms with Crippen molar-refractivity contribution in [2.24, 2.45) is 11.1 Å². The van der Waals surface area contributed by atoms with E-state index in [0.29, 0.717) is 0 Å². The second-order valence-corrected chi connectivity index (χ2v) is 4.55. The molecule has 0 aromatic carbocycles. The normalized spacial score (nSPS) is 11.5. The first-order valence-corrected chi connectivity index (χ1v) is 5.27. The van der Waals surface area contributed by atoms with Crippen molar-refractivity contribution in [1.29, 1.82) is 0 Å². The van der Waals surface area contributed by atoms with E-state index in [9.17, 15) is 0 Å². The van der Waals surface area contributed by atoms with Gasteiger partial charge in [-0.1, -0.05) is 13.8 Å². The molecule has 0 bridgehead atoms. The molecule has 0 fully saturated rings. The molecular weight excluding hydrogens is 188 g/mol. The van der Waals surface area contributed by atoms with Crippen LogP contribution in [0.4, 0.5) is 5.82 Å². The van der Waals surface area contributed by atoms with E-state index in [1.54, 1.807) is 6.20 Å². The van der Waals surface area contributed by atoms with Crippen LogP contribution < -0.4 is 11.1 Å². The molecule has 84 valence electrons. The summed E-state index contributed by atoms with van der Waals surface area (Å²) in [5.74, 6) is 1.67. The minimum absolute atomic E-state index is 0.202. The van der Waals surface area contributed by atoms with Gasteiger partial charge in [0.15, 0.2) is 0 Å². The van der Waals surface area contributed by atoms with Crippen LogP contribution in [-0.2, 0) is 0 Å². The maximum Gasteiger partial charge on any atom is 0.129 e. The van der Waals surface area contributed by atoms with E-state index < -0.39 is 0 Å². The summed E-state index contributed by atoms with van der Waals surface area (Å²) >= 11 is 0. The molecule has 0 atom stereocenters. The Hall–Kier alpha value is -1.16. The molecule has 0 saturated heterocycles. The number of nitrogens with one attached hydrogen (secondary N) is 1. The highest BCUT2D eigenvalue weighted by Gasteiger charge is 2.16. The van der Waals surface area contributed by atoms with Gasteiger partial charge in [0.1, 0.15) is 11.6 Å². The zero-order valence-electron chi connectivity index (χ0n) is 9.75. The molecule has 0 amide bonds. The molecular formula is C11H20N4. The van der Waals surface area contributed by atoms with Gasteiger partial charge in [0.05, 0.1) is 0 Å². The van der Waals surface area contributed by atoms with Gasteiger partial charge in [-0.15, -0.1) is 0 Å². The first-order chi connectivity index (χ1) is 7.03. The lowest BCUT2D eigenvalue weighted by atomic mass is 9.89. The fraction of sp³-hybridized carbons (Fsp3) is 0.636. The highest BCUT2D eigenvalue weighted by molar-refractivity contribution is 5.32. The summed E-state index contributed by atoms with van der Waals surface area (Å²) in [5, 5.41) is 3.30. The topological polar surface area (TPSA) is 63.8 Å². The highest BCUT2D eigenvalue weighted by atomic mass is 15.0. The molecule has 1 aromatic rings. The van der Waals surface area contributed by atoms with E-state index >= 15 is 0 Å². The zero-order valence-corrected chi connectivity index (χ0v) is 9.75. The molecule has 0 aliphatic rings. The zero-order chi connectivity index (χ0) is 11.3. The van der Waals surface area contributed by atoms with Gasteiger partial charge in [0.2, 0.25) is 0 Å². The quantitative estimate of drug-likeness (QED) is 0.771. The van der Waals surface area contributed by atoms with Crippen LogP contribution >= 0.6 is 0 Å². The number of aromatic nitrogens is 2. The van der Waals surface area contributed by atoms with Crippen LogP contribution in [0.2, 0.25) is 0 Å². The molecule has 4 nitrogen and oxygen atoms in total. The molecule has 1 aromatic heterocycles. The van der Waals surface area contributed by atoms with Gasteiger partial charge < -0.3 is 11.1 Å². The lowest BCUT2D eigenvalue weighted by Crippen LogP contribution is -2.26. The fourth-order valence-electron chi connectivity index (χ4n) is 1.36. The number of hydrogen-bond acceptors (Lipinski definition) is 4. The summed E-state index contributed by atoms with van der Waals surface area (Å²) in [6.45, 7) is 7.87. The van der Waals surface area contributed by atoms with Crippen molar-refractivity contribution in [3.8, 4) is 0 Å². The third kappa shape index (κ3) is 4.25. The number of hydrogen-bond donors (Lipinski definition) is 2. The molecule has 1 heterocycles. The Labute approximate surface area is 91.3 Å². The molecule has 0 unspecified atom stereocenters. The van der Waals surface area contributed by atoms with Gasteiger partial charge in [-0.2, -0.15) is 0 Å². The summed E-state index contributed by atoms with van der Waals surface area (Å²) in [4.78, 5) is 8.33. The monoisotopic (exact) mass is 208 g/mol. The van der Waals surface area contributed by atoms with Crippen molar-refractivity contribution in [1.82, 2.24) is 9.97 Å². The van der Waals surface area contributed by atoms with Crippen molar-refractivity contribution < 1.29 is 0 Å². The third-order valence-electron chi connectivity index (χ3n) is 2.35. The minimum Gasteiger partial charge on any atom is -0.369 e. The number of rotatable bonds is 5. The summed E-state index contributed by atoms with van der Waals surface area (Å²) in [5.41, 5.74) is 5.76. The lowest BCUT2D eigenvalue weighted by molar-refractivity contribution is 0.365. The van der Waals surface area contributed by atoms with Crippen LogP contribution in [0.15, 0.2) is 12.3 Å². The Bertz CT molecular complexity index is 309. The summed E-state index contributed by atoms with van der Waals surface area (Å²) in [6, 6.07) is 1.88. The second-order valence-electron chi connectivity index (χ2n) is 4.55. The number of anilines is 1. The minimum atomic E-state index is 0.202. The van der Waals surface area contributed by atoms with Crippen molar-refractivity contribution in [2.75, 3.05) is 18.4 Å². The van der Waals surface area contributed by atoms with Crippen LogP contribution in [0.25, 0.3) is 0 Å². The Kier molecular flexibility index (Phi) is 4.03. The van der Waals surface area contributed by atoms with Crippen molar-refractivity contribution >= 4 is 5.82 Å². The second kappa shape index (κ2) is 5.07. The van der Waals surface area contributed by atoms with Crippen molar-refractivity contribution in [3.05, 3.63) is 18.1 Å². The molecule has 15 heavy (non-hydrogen) atoms. The van der Waals surface area contributed by atoms with Crippen LogP contribution in [0.5, 0.6) is 0 Å². The van der Waals surface area contributed by atoms with Crippen LogP contribution in [0, 0.1) is 12.3 Å². The van der Waals surface area contributed by atoms with E-state index in [4.69, 9.17) is 5.73 Å². The van der Waals surface area contributed by atoms with Gasteiger partial charge in [-0.25, -0.2) is 9.97 Å². The molecule has 4 heteroatoms. The average molecular weight is 208 g/mol. The van der Waals surface area contributed by atoms with Gasteiger partial charge in [-0.3, -0.25) is 0 Å². The Morgan fingerprint density at radius 1 is 1.47 bits per heavy atom. The lowest BCUT2D eigenvalue weighted by Gasteiger charge is -2.24. The van der Waals surface area contributed by atoms with Gasteiger partial charge in [-0.05, 0) is 31.4 Å². The van der Waals surface area contributed by atoms with E-state index in [0.717, 1.165) is 31.2 Å². The van der Waals surface area contributed by atoms with Crippen molar-refractivity contribution in [3.63, 3.8) is 0 Å². The van der Waals surface area contributed by atoms with E-state index in [1.165, 1.54) is 0 Å². The average Bonchev–Trinajstić information content (AvgIpc) is 2.15. The van der Waals surface area contributed by atoms with Gasteiger partial charge in [0, 0.05) is 12.7 Å². The first kappa shape index (κ1) is 11.9. The van der Waals surface area contributed by atoms with Gasteiger partial charge >= 0.3 is 0 Å². The van der Waals surface area contributed by atoms with Crippen molar-refractivity contribution in [2.45, 2.75) is 27.2 Å². The highest BCUT2D eigenvalue weighted by Crippen LogP contribution is 2.19. The van der Waals surface area contributed by atoms with E-state index in [2.05, 4.69) is 29.1 Å². The summed E-state index contributed by atoms with van der Waals surface area (Å²) in [6.07, 6.45) is 2.77. The Morgan fingerprint density at radius 2 is 2.20 bits per heavy atom. The standard InChI is InChI=1S/C11H20N4/c1-9-13-7-4-10(15-9)14-8-11(2,3)5-6-12/h4,7H,5-6,8,12H2,1-3H3,(H,13,14,15). The smallest absolute Gasteiger partial charge is 0.129 e. The van der Waals surface area contributed by atoms with E-state index in [1.807, 2.05) is 13.0 Å². The summed E-state index contributed by atoms with van der Waals surface area (Å²) < 4.78 is 0. The molecule has 0 aliphatic carbocycles. The van der Waals surface area contributed by atoms with Crippen LogP contribution in [0.1, 0.15) is 26.1 Å².